The summed E-state index contributed by atoms with van der Waals surface area (Å²) in [7, 11) is 0. The zero-order chi connectivity index (χ0) is 12.0. The highest BCUT2D eigenvalue weighted by Gasteiger charge is 2.17. The normalized spacial score (nSPS) is 24.1. The maximum absolute atomic E-state index is 11.5. The molecule has 94 valence electrons. The maximum atomic E-state index is 11.5. The van der Waals surface area contributed by atoms with Gasteiger partial charge in [-0.15, -0.1) is 11.8 Å². The molecule has 0 radical (unpaired) electrons. The molecular formula is C11H21NO3S. The van der Waals surface area contributed by atoms with Crippen molar-refractivity contribution in [3.63, 3.8) is 0 Å². The second-order valence-electron chi connectivity index (χ2n) is 4.20. The zero-order valence-electron chi connectivity index (χ0n) is 9.94. The molecule has 1 rings (SSSR count). The summed E-state index contributed by atoms with van der Waals surface area (Å²) in [5.74, 6) is 0.423. The molecule has 1 saturated heterocycles. The Morgan fingerprint density at radius 3 is 2.94 bits per heavy atom. The summed E-state index contributed by atoms with van der Waals surface area (Å²) in [6.07, 6.45) is 1.95. The van der Waals surface area contributed by atoms with Gasteiger partial charge in [0.1, 0.15) is 0 Å². The van der Waals surface area contributed by atoms with Gasteiger partial charge in [-0.1, -0.05) is 6.92 Å². The van der Waals surface area contributed by atoms with Gasteiger partial charge in [-0.25, -0.2) is 0 Å². The van der Waals surface area contributed by atoms with E-state index in [4.69, 9.17) is 4.74 Å². The van der Waals surface area contributed by atoms with E-state index in [0.717, 1.165) is 19.4 Å². The quantitative estimate of drug-likeness (QED) is 0.728. The first-order valence-electron chi connectivity index (χ1n) is 5.77. The minimum atomic E-state index is -0.379. The van der Waals surface area contributed by atoms with Gasteiger partial charge in [0.2, 0.25) is 5.91 Å². The number of carbonyl (C=O) groups is 1. The first kappa shape index (κ1) is 13.8. The third kappa shape index (κ3) is 5.18. The molecule has 1 amide bonds. The molecule has 4 nitrogen and oxygen atoms in total. The molecule has 3 unspecified atom stereocenters. The van der Waals surface area contributed by atoms with Crippen LogP contribution in [0.5, 0.6) is 0 Å². The lowest BCUT2D eigenvalue weighted by Gasteiger charge is -2.14. The Labute approximate surface area is 101 Å². The van der Waals surface area contributed by atoms with Crippen molar-refractivity contribution in [1.82, 2.24) is 5.32 Å². The number of nitrogens with one attached hydrogen (secondary N) is 1. The molecule has 0 bridgehead atoms. The molecule has 0 saturated carbocycles. The lowest BCUT2D eigenvalue weighted by atomic mass is 10.2. The number of aliphatic hydroxyl groups excluding tert-OH is 1. The van der Waals surface area contributed by atoms with Crippen molar-refractivity contribution >= 4 is 17.7 Å². The molecule has 0 aliphatic carbocycles. The lowest BCUT2D eigenvalue weighted by molar-refractivity contribution is -0.119. The maximum Gasteiger partial charge on any atom is 0.230 e. The molecule has 3 atom stereocenters. The summed E-state index contributed by atoms with van der Waals surface area (Å²) in [4.78, 5) is 11.5. The first-order valence-corrected chi connectivity index (χ1v) is 6.82. The van der Waals surface area contributed by atoms with Crippen molar-refractivity contribution in [2.24, 2.45) is 0 Å². The number of rotatable bonds is 6. The van der Waals surface area contributed by atoms with Gasteiger partial charge in [-0.05, 0) is 19.8 Å². The minimum Gasteiger partial charge on any atom is -0.392 e. The zero-order valence-corrected chi connectivity index (χ0v) is 10.8. The highest BCUT2D eigenvalue weighted by Crippen LogP contribution is 2.14. The van der Waals surface area contributed by atoms with E-state index < -0.39 is 0 Å². The van der Waals surface area contributed by atoms with Gasteiger partial charge in [0.15, 0.2) is 0 Å². The summed E-state index contributed by atoms with van der Waals surface area (Å²) >= 11 is 1.47. The van der Waals surface area contributed by atoms with E-state index in [1.165, 1.54) is 11.8 Å². The number of amides is 1. The summed E-state index contributed by atoms with van der Waals surface area (Å²) in [6.45, 7) is 5.08. The second-order valence-corrected chi connectivity index (χ2v) is 5.56. The predicted molar refractivity (Wildman–Crippen MR) is 65.6 cm³/mol. The Kier molecular flexibility index (Phi) is 6.16. The van der Waals surface area contributed by atoms with Crippen LogP contribution in [0.3, 0.4) is 0 Å². The van der Waals surface area contributed by atoms with Crippen LogP contribution in [0.15, 0.2) is 0 Å². The van der Waals surface area contributed by atoms with Gasteiger partial charge in [-0.3, -0.25) is 4.79 Å². The molecule has 1 fully saturated rings. The summed E-state index contributed by atoms with van der Waals surface area (Å²) < 4.78 is 5.41. The van der Waals surface area contributed by atoms with Gasteiger partial charge in [0.05, 0.1) is 18.0 Å². The van der Waals surface area contributed by atoms with Crippen LogP contribution in [0, 0.1) is 0 Å². The molecule has 0 aromatic rings. The number of ether oxygens (including phenoxy) is 1. The number of hydrogen-bond acceptors (Lipinski definition) is 4. The molecule has 1 heterocycles. The number of aliphatic hydroxyl groups is 1. The van der Waals surface area contributed by atoms with E-state index >= 15 is 0 Å². The average molecular weight is 247 g/mol. The SMILES string of the molecule is CC(O)C(C)SCC(=O)NCC1CCCO1. The molecule has 0 aromatic carbocycles. The first-order chi connectivity index (χ1) is 7.59. The summed E-state index contributed by atoms with van der Waals surface area (Å²) in [5, 5.41) is 12.2. The Balaban J connectivity index is 2.06. The fraction of sp³-hybridized carbons (Fsp3) is 0.909. The van der Waals surface area contributed by atoms with Crippen molar-refractivity contribution in [2.45, 2.75) is 44.1 Å². The fourth-order valence-electron chi connectivity index (χ4n) is 1.43. The molecule has 5 heteroatoms. The van der Waals surface area contributed by atoms with E-state index in [9.17, 15) is 9.90 Å². The Hall–Kier alpha value is -0.260. The molecule has 2 N–H and O–H groups in total. The lowest BCUT2D eigenvalue weighted by Crippen LogP contribution is -2.33. The van der Waals surface area contributed by atoms with Gasteiger partial charge in [0.25, 0.3) is 0 Å². The van der Waals surface area contributed by atoms with Crippen LogP contribution in [0.1, 0.15) is 26.7 Å². The van der Waals surface area contributed by atoms with Crippen LogP contribution < -0.4 is 5.32 Å². The third-order valence-electron chi connectivity index (χ3n) is 2.71. The highest BCUT2D eigenvalue weighted by molar-refractivity contribution is 8.00. The topological polar surface area (TPSA) is 58.6 Å². The smallest absolute Gasteiger partial charge is 0.230 e. The minimum absolute atomic E-state index is 0.0213. The molecule has 1 aliphatic rings. The standard InChI is InChI=1S/C11H21NO3S/c1-8(13)9(2)16-7-11(14)12-6-10-4-3-5-15-10/h8-10,13H,3-7H2,1-2H3,(H,12,14). The second kappa shape index (κ2) is 7.14. The highest BCUT2D eigenvalue weighted by atomic mass is 32.2. The molecule has 0 spiro atoms. The monoisotopic (exact) mass is 247 g/mol. The van der Waals surface area contributed by atoms with Crippen LogP contribution in [0.25, 0.3) is 0 Å². The van der Waals surface area contributed by atoms with Crippen LogP contribution >= 0.6 is 11.8 Å². The van der Waals surface area contributed by atoms with Gasteiger partial charge < -0.3 is 15.2 Å². The van der Waals surface area contributed by atoms with E-state index in [2.05, 4.69) is 5.32 Å². The molecule has 0 aromatic heterocycles. The van der Waals surface area contributed by atoms with E-state index in [0.29, 0.717) is 12.3 Å². The number of hydrogen-bond donors (Lipinski definition) is 2. The average Bonchev–Trinajstić information content (AvgIpc) is 2.75. The van der Waals surface area contributed by atoms with E-state index in [-0.39, 0.29) is 23.4 Å². The van der Waals surface area contributed by atoms with Crippen LogP contribution in [0.4, 0.5) is 0 Å². The molecule has 1 aliphatic heterocycles. The third-order valence-corrected chi connectivity index (χ3v) is 4.06. The van der Waals surface area contributed by atoms with Crippen molar-refractivity contribution in [3.8, 4) is 0 Å². The van der Waals surface area contributed by atoms with Crippen LogP contribution in [-0.4, -0.2) is 47.4 Å². The van der Waals surface area contributed by atoms with Gasteiger partial charge in [-0.2, -0.15) is 0 Å². The van der Waals surface area contributed by atoms with Gasteiger partial charge in [0, 0.05) is 18.4 Å². The number of carbonyl (C=O) groups excluding carboxylic acids is 1. The van der Waals surface area contributed by atoms with Gasteiger partial charge >= 0.3 is 0 Å². The number of thioether (sulfide) groups is 1. The van der Waals surface area contributed by atoms with Crippen molar-refractivity contribution in [3.05, 3.63) is 0 Å². The van der Waals surface area contributed by atoms with E-state index in [1.807, 2.05) is 6.92 Å². The van der Waals surface area contributed by atoms with Crippen molar-refractivity contribution in [2.75, 3.05) is 18.9 Å². The molecule has 16 heavy (non-hydrogen) atoms. The van der Waals surface area contributed by atoms with Crippen molar-refractivity contribution in [1.29, 1.82) is 0 Å². The molecular weight excluding hydrogens is 226 g/mol. The fourth-order valence-corrected chi connectivity index (χ4v) is 2.23. The van der Waals surface area contributed by atoms with Crippen LogP contribution in [0.2, 0.25) is 0 Å². The summed E-state index contributed by atoms with van der Waals surface area (Å²) in [5.41, 5.74) is 0. The Bertz CT molecular complexity index is 209. The Morgan fingerprint density at radius 1 is 1.62 bits per heavy atom. The summed E-state index contributed by atoms with van der Waals surface area (Å²) in [6, 6.07) is 0. The van der Waals surface area contributed by atoms with Crippen molar-refractivity contribution < 1.29 is 14.6 Å². The van der Waals surface area contributed by atoms with E-state index in [1.54, 1.807) is 6.92 Å². The Morgan fingerprint density at radius 2 is 2.38 bits per heavy atom. The van der Waals surface area contributed by atoms with Crippen LogP contribution in [-0.2, 0) is 9.53 Å². The largest absolute Gasteiger partial charge is 0.392 e. The predicted octanol–water partition coefficient (Wildman–Crippen LogP) is 0.784.